The minimum Gasteiger partial charge on any atom is -0.504 e. The lowest BCUT2D eigenvalue weighted by Crippen LogP contribution is -2.43. The van der Waals surface area contributed by atoms with Crippen LogP contribution in [0, 0.1) is 17.1 Å². The summed E-state index contributed by atoms with van der Waals surface area (Å²) in [4.78, 5) is 11.1. The number of aromatic hydroxyl groups is 1. The Hall–Kier alpha value is -3.77. The predicted octanol–water partition coefficient (Wildman–Crippen LogP) is 2.31. The fourth-order valence-electron chi connectivity index (χ4n) is 3.85. The van der Waals surface area contributed by atoms with Crippen molar-refractivity contribution in [1.29, 1.82) is 5.26 Å². The first kappa shape index (κ1) is 18.3. The monoisotopic (exact) mass is 403 g/mol. The van der Waals surface area contributed by atoms with Crippen LogP contribution in [-0.2, 0) is 7.05 Å². The standard InChI is InChI=1S/C21H18FN7O/c1-28-11-12-8-15(20(30)18(22)19(12)27-28)21-25-16-3-2-13(29-6-4-24-5-7-29)9-14(16)17(10-23)26-21/h2-3,8-9,11,24,30H,4-7H2,1H3. The number of hydrogen-bond donors (Lipinski definition) is 2. The lowest BCUT2D eigenvalue weighted by Gasteiger charge is -2.29. The molecule has 30 heavy (non-hydrogen) atoms. The summed E-state index contributed by atoms with van der Waals surface area (Å²) in [6.45, 7) is 3.57. The van der Waals surface area contributed by atoms with E-state index in [9.17, 15) is 14.8 Å². The molecule has 0 atom stereocenters. The van der Waals surface area contributed by atoms with E-state index in [1.165, 1.54) is 4.68 Å². The van der Waals surface area contributed by atoms with E-state index in [1.54, 1.807) is 19.3 Å². The number of phenolic OH excluding ortho intramolecular Hbond substituents is 1. The summed E-state index contributed by atoms with van der Waals surface area (Å²) in [7, 11) is 1.67. The van der Waals surface area contributed by atoms with Gasteiger partial charge in [0.25, 0.3) is 0 Å². The van der Waals surface area contributed by atoms with E-state index in [1.807, 2.05) is 18.2 Å². The van der Waals surface area contributed by atoms with Crippen molar-refractivity contribution >= 4 is 27.5 Å². The number of halogens is 1. The zero-order chi connectivity index (χ0) is 20.8. The molecular formula is C21H18FN7O. The molecule has 1 aliphatic rings. The van der Waals surface area contributed by atoms with E-state index in [4.69, 9.17) is 0 Å². The topological polar surface area (TPSA) is 103 Å². The van der Waals surface area contributed by atoms with E-state index in [-0.39, 0.29) is 22.6 Å². The Bertz CT molecular complexity index is 1340. The first-order chi connectivity index (χ1) is 14.5. The second kappa shape index (κ2) is 6.93. The molecule has 150 valence electrons. The zero-order valence-corrected chi connectivity index (χ0v) is 16.2. The molecule has 0 amide bonds. The van der Waals surface area contributed by atoms with Crippen molar-refractivity contribution in [1.82, 2.24) is 25.1 Å². The first-order valence-corrected chi connectivity index (χ1v) is 9.58. The maximum Gasteiger partial charge on any atom is 0.193 e. The molecule has 9 heteroatoms. The first-order valence-electron chi connectivity index (χ1n) is 9.58. The predicted molar refractivity (Wildman–Crippen MR) is 111 cm³/mol. The maximum absolute atomic E-state index is 14.7. The van der Waals surface area contributed by atoms with Crippen LogP contribution in [0.5, 0.6) is 5.75 Å². The van der Waals surface area contributed by atoms with Crippen LogP contribution in [0.3, 0.4) is 0 Å². The highest BCUT2D eigenvalue weighted by molar-refractivity contribution is 5.91. The van der Waals surface area contributed by atoms with Crippen LogP contribution in [0.4, 0.5) is 10.1 Å². The maximum atomic E-state index is 14.7. The number of nitrogens with zero attached hydrogens (tertiary/aromatic N) is 6. The van der Waals surface area contributed by atoms with Crippen molar-refractivity contribution in [3.63, 3.8) is 0 Å². The highest BCUT2D eigenvalue weighted by atomic mass is 19.1. The molecule has 2 aromatic carbocycles. The van der Waals surface area contributed by atoms with Gasteiger partial charge in [-0.25, -0.2) is 14.4 Å². The fraction of sp³-hybridized carbons (Fsp3) is 0.238. The van der Waals surface area contributed by atoms with Gasteiger partial charge < -0.3 is 15.3 Å². The number of nitrogens with one attached hydrogen (secondary N) is 1. The number of aryl methyl sites for hydroxylation is 1. The van der Waals surface area contributed by atoms with Crippen molar-refractivity contribution in [2.75, 3.05) is 31.1 Å². The molecule has 0 aliphatic carbocycles. The third-order valence-corrected chi connectivity index (χ3v) is 5.34. The summed E-state index contributed by atoms with van der Waals surface area (Å²) >= 11 is 0. The lowest BCUT2D eigenvalue weighted by atomic mass is 10.1. The number of nitriles is 1. The molecule has 2 N–H and O–H groups in total. The number of hydrogen-bond acceptors (Lipinski definition) is 7. The van der Waals surface area contributed by atoms with Crippen LogP contribution in [0.25, 0.3) is 33.2 Å². The smallest absolute Gasteiger partial charge is 0.193 e. The molecule has 0 radical (unpaired) electrons. The van der Waals surface area contributed by atoms with Gasteiger partial charge in [-0.05, 0) is 24.3 Å². The Balaban J connectivity index is 1.67. The van der Waals surface area contributed by atoms with Crippen LogP contribution in [0.1, 0.15) is 5.69 Å². The van der Waals surface area contributed by atoms with Gasteiger partial charge >= 0.3 is 0 Å². The summed E-state index contributed by atoms with van der Waals surface area (Å²) < 4.78 is 16.1. The van der Waals surface area contributed by atoms with Gasteiger partial charge in [0.2, 0.25) is 0 Å². The molecule has 8 nitrogen and oxygen atoms in total. The minimum absolute atomic E-state index is 0.0701. The van der Waals surface area contributed by atoms with E-state index in [0.717, 1.165) is 31.9 Å². The Morgan fingerprint density at radius 3 is 2.77 bits per heavy atom. The van der Waals surface area contributed by atoms with Gasteiger partial charge in [-0.3, -0.25) is 4.68 Å². The highest BCUT2D eigenvalue weighted by Gasteiger charge is 2.20. The number of anilines is 1. The van der Waals surface area contributed by atoms with Crippen molar-refractivity contribution < 1.29 is 9.50 Å². The average Bonchev–Trinajstić information content (AvgIpc) is 3.16. The summed E-state index contributed by atoms with van der Waals surface area (Å²) in [6.07, 6.45) is 1.65. The fourth-order valence-corrected chi connectivity index (χ4v) is 3.85. The van der Waals surface area contributed by atoms with Crippen LogP contribution in [0.15, 0.2) is 30.5 Å². The van der Waals surface area contributed by atoms with Gasteiger partial charge in [0.15, 0.2) is 23.1 Å². The Morgan fingerprint density at radius 2 is 2.00 bits per heavy atom. The van der Waals surface area contributed by atoms with E-state index >= 15 is 0 Å². The van der Waals surface area contributed by atoms with Gasteiger partial charge in [-0.2, -0.15) is 10.4 Å². The molecule has 0 saturated carbocycles. The minimum atomic E-state index is -0.834. The molecular weight excluding hydrogens is 385 g/mol. The number of phenols is 1. The van der Waals surface area contributed by atoms with Crippen molar-refractivity contribution in [2.24, 2.45) is 7.05 Å². The van der Waals surface area contributed by atoms with Gasteiger partial charge in [-0.15, -0.1) is 0 Å². The largest absolute Gasteiger partial charge is 0.504 e. The average molecular weight is 403 g/mol. The normalized spacial score (nSPS) is 14.4. The number of benzene rings is 2. The zero-order valence-electron chi connectivity index (χ0n) is 16.2. The highest BCUT2D eigenvalue weighted by Crippen LogP contribution is 2.35. The van der Waals surface area contributed by atoms with Gasteiger partial charge in [0.1, 0.15) is 11.6 Å². The van der Waals surface area contributed by atoms with Crippen molar-refractivity contribution in [2.45, 2.75) is 0 Å². The SMILES string of the molecule is Cn1cc2cc(-c3nc(C#N)c4cc(N5CCNCC5)ccc4n3)c(O)c(F)c2n1. The van der Waals surface area contributed by atoms with E-state index in [2.05, 4.69) is 31.4 Å². The summed E-state index contributed by atoms with van der Waals surface area (Å²) in [6, 6.07) is 9.39. The molecule has 1 fully saturated rings. The number of rotatable bonds is 2. The van der Waals surface area contributed by atoms with Crippen LogP contribution in [-0.4, -0.2) is 51.0 Å². The Kier molecular flexibility index (Phi) is 4.22. The van der Waals surface area contributed by atoms with Crippen molar-refractivity contribution in [3.05, 3.63) is 42.0 Å². The second-order valence-corrected chi connectivity index (χ2v) is 7.27. The quantitative estimate of drug-likeness (QED) is 0.529. The van der Waals surface area contributed by atoms with Crippen LogP contribution >= 0.6 is 0 Å². The number of fused-ring (bicyclic) bond motifs is 2. The molecule has 0 bridgehead atoms. The van der Waals surface area contributed by atoms with Gasteiger partial charge in [0, 0.05) is 55.9 Å². The number of piperazine rings is 1. The number of aromatic nitrogens is 4. The third-order valence-electron chi connectivity index (χ3n) is 5.34. The van der Waals surface area contributed by atoms with E-state index in [0.29, 0.717) is 16.3 Å². The molecule has 2 aromatic heterocycles. The second-order valence-electron chi connectivity index (χ2n) is 7.27. The van der Waals surface area contributed by atoms with Crippen LogP contribution in [0.2, 0.25) is 0 Å². The molecule has 5 rings (SSSR count). The van der Waals surface area contributed by atoms with Crippen LogP contribution < -0.4 is 10.2 Å². The van der Waals surface area contributed by atoms with Gasteiger partial charge in [0.05, 0.1) is 11.1 Å². The molecule has 3 heterocycles. The lowest BCUT2D eigenvalue weighted by molar-refractivity contribution is 0.437. The van der Waals surface area contributed by atoms with Gasteiger partial charge in [-0.1, -0.05) is 0 Å². The summed E-state index contributed by atoms with van der Waals surface area (Å²) in [5, 5.41) is 28.6. The summed E-state index contributed by atoms with van der Waals surface area (Å²) in [5.74, 6) is -1.32. The molecule has 0 unspecified atom stereocenters. The Morgan fingerprint density at radius 1 is 1.20 bits per heavy atom. The molecule has 4 aromatic rings. The molecule has 0 spiro atoms. The molecule has 1 saturated heterocycles. The van der Waals surface area contributed by atoms with Crippen molar-refractivity contribution in [3.8, 4) is 23.2 Å². The molecule has 1 aliphatic heterocycles. The van der Waals surface area contributed by atoms with E-state index < -0.39 is 11.6 Å². The Labute approximate surface area is 171 Å². The summed E-state index contributed by atoms with van der Waals surface area (Å²) in [5.41, 5.74) is 1.93. The third kappa shape index (κ3) is 2.89.